The maximum atomic E-state index is 14.8. The number of imidazole rings is 1. The number of nitrogen functional groups attached to an aromatic ring is 1. The molecule has 4 rings (SSSR count). The lowest BCUT2D eigenvalue weighted by Gasteiger charge is -2.37. The number of rotatable bonds is 15. The van der Waals surface area contributed by atoms with Crippen LogP contribution in [-0.4, -0.2) is 63.2 Å². The maximum absolute atomic E-state index is 14.8. The molecule has 2 aromatic rings. The van der Waals surface area contributed by atoms with Crippen molar-refractivity contribution in [3.05, 3.63) is 18.6 Å². The first kappa shape index (κ1) is 39.3. The fraction of sp³-hybridized carbons (Fsp3) is 0.778. The normalized spacial score (nSPS) is 19.9. The first-order valence-electron chi connectivity index (χ1n) is 17.9. The lowest BCUT2D eigenvalue weighted by molar-refractivity contribution is -0.151. The van der Waals surface area contributed by atoms with Crippen LogP contribution in [0.25, 0.3) is 11.2 Å². The minimum Gasteiger partial charge on any atom is -0.464 e. The average molecular weight is 705 g/mol. The largest absolute Gasteiger partial charge is 0.464 e. The molecule has 0 bridgehead atoms. The van der Waals surface area contributed by atoms with E-state index < -0.39 is 36.6 Å². The SMILES string of the molecule is C[C@H](Cn1cnc2c(N)ccnc21)OCP(=O)(NC(C)(C)C(=O)OCC1CCC(C)(C)CC1)NC(C)(C)C(=O)OCC1CCC(C)(C)CC1. The second-order valence-electron chi connectivity index (χ2n) is 17.2. The van der Waals surface area contributed by atoms with Crippen LogP contribution in [0.15, 0.2) is 18.6 Å². The van der Waals surface area contributed by atoms with Gasteiger partial charge in [-0.3, -0.25) is 14.2 Å². The molecule has 12 nitrogen and oxygen atoms in total. The Hall–Kier alpha value is -2.53. The smallest absolute Gasteiger partial charge is 0.326 e. The first-order chi connectivity index (χ1) is 22.7. The van der Waals surface area contributed by atoms with Gasteiger partial charge in [0.15, 0.2) is 5.65 Å². The van der Waals surface area contributed by atoms with E-state index in [1.165, 1.54) is 0 Å². The minimum absolute atomic E-state index is 0.301. The van der Waals surface area contributed by atoms with Crippen LogP contribution in [0.3, 0.4) is 0 Å². The van der Waals surface area contributed by atoms with Crippen molar-refractivity contribution in [3.8, 4) is 0 Å². The number of anilines is 1. The second-order valence-corrected chi connectivity index (χ2v) is 19.4. The van der Waals surface area contributed by atoms with Crippen LogP contribution in [0.4, 0.5) is 5.69 Å². The lowest BCUT2D eigenvalue weighted by atomic mass is 9.73. The highest BCUT2D eigenvalue weighted by Gasteiger charge is 2.44. The van der Waals surface area contributed by atoms with Gasteiger partial charge >= 0.3 is 11.9 Å². The van der Waals surface area contributed by atoms with Crippen LogP contribution in [0, 0.1) is 22.7 Å². The number of pyridine rings is 1. The van der Waals surface area contributed by atoms with E-state index in [0.29, 0.717) is 59.3 Å². The molecule has 2 saturated carbocycles. The molecule has 13 heteroatoms. The molecule has 49 heavy (non-hydrogen) atoms. The predicted octanol–water partition coefficient (Wildman–Crippen LogP) is 6.82. The number of nitrogens with two attached hydrogens (primary N) is 1. The van der Waals surface area contributed by atoms with Gasteiger partial charge < -0.3 is 24.5 Å². The van der Waals surface area contributed by atoms with Gasteiger partial charge in [0.05, 0.1) is 37.9 Å². The molecular weight excluding hydrogens is 643 g/mol. The van der Waals surface area contributed by atoms with Gasteiger partial charge in [0.25, 0.3) is 0 Å². The minimum atomic E-state index is -3.80. The van der Waals surface area contributed by atoms with Crippen molar-refractivity contribution in [2.45, 2.75) is 137 Å². The van der Waals surface area contributed by atoms with Crippen molar-refractivity contribution in [2.75, 3.05) is 25.3 Å². The van der Waals surface area contributed by atoms with Crippen LogP contribution >= 0.6 is 7.44 Å². The summed E-state index contributed by atoms with van der Waals surface area (Å²) < 4.78 is 34.3. The molecular formula is C36H61N6O6P. The van der Waals surface area contributed by atoms with Crippen molar-refractivity contribution in [1.82, 2.24) is 24.7 Å². The van der Waals surface area contributed by atoms with E-state index in [1.54, 1.807) is 46.3 Å². The lowest BCUT2D eigenvalue weighted by Crippen LogP contribution is -2.54. The van der Waals surface area contributed by atoms with Gasteiger partial charge in [0.2, 0.25) is 7.44 Å². The highest BCUT2D eigenvalue weighted by atomic mass is 31.2. The highest BCUT2D eigenvalue weighted by Crippen LogP contribution is 2.43. The molecule has 2 aromatic heterocycles. The number of nitrogens with zero attached hydrogens (tertiary/aromatic N) is 3. The van der Waals surface area contributed by atoms with Crippen molar-refractivity contribution in [1.29, 1.82) is 0 Å². The van der Waals surface area contributed by atoms with E-state index in [4.69, 9.17) is 19.9 Å². The number of ether oxygens (including phenoxy) is 3. The highest BCUT2D eigenvalue weighted by molar-refractivity contribution is 7.59. The van der Waals surface area contributed by atoms with Crippen LogP contribution in [-0.2, 0) is 34.9 Å². The molecule has 2 heterocycles. The van der Waals surface area contributed by atoms with E-state index >= 15 is 0 Å². The molecule has 0 spiro atoms. The maximum Gasteiger partial charge on any atom is 0.326 e. The summed E-state index contributed by atoms with van der Waals surface area (Å²) >= 11 is 0. The van der Waals surface area contributed by atoms with E-state index in [-0.39, 0.29) is 6.35 Å². The molecule has 0 radical (unpaired) electrons. The third-order valence-corrected chi connectivity index (χ3v) is 12.6. The molecule has 276 valence electrons. The van der Waals surface area contributed by atoms with Gasteiger partial charge in [-0.2, -0.15) is 0 Å². The molecule has 0 unspecified atom stereocenters. The molecule has 2 aliphatic carbocycles. The van der Waals surface area contributed by atoms with Gasteiger partial charge in [-0.25, -0.2) is 20.1 Å². The summed E-state index contributed by atoms with van der Waals surface area (Å²) in [6.45, 7) is 18.5. The van der Waals surface area contributed by atoms with Gasteiger partial charge in [-0.1, -0.05) is 27.7 Å². The van der Waals surface area contributed by atoms with Gasteiger partial charge in [-0.15, -0.1) is 0 Å². The van der Waals surface area contributed by atoms with E-state index in [1.807, 2.05) is 11.5 Å². The molecule has 0 amide bonds. The molecule has 2 aliphatic rings. The van der Waals surface area contributed by atoms with Crippen molar-refractivity contribution in [3.63, 3.8) is 0 Å². The monoisotopic (exact) mass is 704 g/mol. The van der Waals surface area contributed by atoms with E-state index in [0.717, 1.165) is 51.4 Å². The predicted molar refractivity (Wildman–Crippen MR) is 193 cm³/mol. The van der Waals surface area contributed by atoms with Gasteiger partial charge in [0.1, 0.15) is 22.9 Å². The van der Waals surface area contributed by atoms with Crippen molar-refractivity contribution in [2.24, 2.45) is 22.7 Å². The Morgan fingerprint density at radius 2 is 1.39 bits per heavy atom. The number of hydrogen-bond acceptors (Lipinski definition) is 9. The Morgan fingerprint density at radius 1 is 0.918 bits per heavy atom. The van der Waals surface area contributed by atoms with E-state index in [2.05, 4.69) is 47.8 Å². The summed E-state index contributed by atoms with van der Waals surface area (Å²) in [5.41, 5.74) is 5.72. The Kier molecular flexibility index (Phi) is 12.3. The fourth-order valence-electron chi connectivity index (χ4n) is 6.76. The second kappa shape index (κ2) is 15.4. The fourth-order valence-corrected chi connectivity index (χ4v) is 9.40. The van der Waals surface area contributed by atoms with Crippen molar-refractivity contribution >= 4 is 36.2 Å². The Bertz CT molecular complexity index is 1420. The topological polar surface area (TPSA) is 160 Å². The summed E-state index contributed by atoms with van der Waals surface area (Å²) in [5, 5.41) is 6.07. The summed E-state index contributed by atoms with van der Waals surface area (Å²) in [5.74, 6) is -0.423. The number of hydrogen-bond donors (Lipinski definition) is 3. The molecule has 0 aliphatic heterocycles. The quantitative estimate of drug-likeness (QED) is 0.132. The standard InChI is InChI=1S/C36H61N6O6P/c1-25(20-42-23-39-29-28(37)14-19-38-30(29)42)48-24-49(45,40-35(6,7)31(43)46-21-26-10-15-33(2,3)16-11-26)41-36(8,9)32(44)47-22-27-12-17-34(4,5)18-13-27/h14,19,23,25-27H,10-13,15-18,20-22,24H2,1-9H3,(H2,37,38)(H2,40,41,45)/t25-/m1/s1. The van der Waals surface area contributed by atoms with Crippen LogP contribution < -0.4 is 15.9 Å². The Morgan fingerprint density at radius 3 is 1.86 bits per heavy atom. The summed E-state index contributed by atoms with van der Waals surface area (Å²) in [6.07, 6.45) is 10.9. The number of aromatic nitrogens is 3. The van der Waals surface area contributed by atoms with Crippen LogP contribution in [0.1, 0.15) is 114 Å². The third-order valence-electron chi connectivity index (χ3n) is 10.3. The van der Waals surface area contributed by atoms with Crippen LogP contribution in [0.5, 0.6) is 0 Å². The van der Waals surface area contributed by atoms with Crippen molar-refractivity contribution < 1.29 is 28.4 Å². The Labute approximate surface area is 292 Å². The zero-order chi connectivity index (χ0) is 36.3. The van der Waals surface area contributed by atoms with E-state index in [9.17, 15) is 14.2 Å². The first-order valence-corrected chi connectivity index (χ1v) is 19.8. The average Bonchev–Trinajstić information content (AvgIpc) is 3.41. The number of nitrogens with one attached hydrogen (secondary N) is 2. The number of esters is 2. The molecule has 4 N–H and O–H groups in total. The molecule has 0 saturated heterocycles. The molecule has 1 atom stereocenters. The summed E-state index contributed by atoms with van der Waals surface area (Å²) in [7, 11) is -3.80. The van der Waals surface area contributed by atoms with Gasteiger partial charge in [0, 0.05) is 6.20 Å². The molecule has 0 aromatic carbocycles. The zero-order valence-electron chi connectivity index (χ0n) is 31.3. The number of fused-ring (bicyclic) bond motifs is 1. The number of carbonyl (C=O) groups excluding carboxylic acids is 2. The summed E-state index contributed by atoms with van der Waals surface area (Å²) in [4.78, 5) is 35.7. The summed E-state index contributed by atoms with van der Waals surface area (Å²) in [6, 6.07) is 1.69. The Balaban J connectivity index is 1.43. The van der Waals surface area contributed by atoms with Crippen LogP contribution in [0.2, 0.25) is 0 Å². The number of carbonyl (C=O) groups is 2. The zero-order valence-corrected chi connectivity index (χ0v) is 32.2. The van der Waals surface area contributed by atoms with Gasteiger partial charge in [-0.05, 0) is 115 Å². The molecule has 2 fully saturated rings. The third kappa shape index (κ3) is 11.0.